The summed E-state index contributed by atoms with van der Waals surface area (Å²) < 4.78 is 5.26. The van der Waals surface area contributed by atoms with E-state index in [0.29, 0.717) is 18.3 Å². The quantitative estimate of drug-likeness (QED) is 0.649. The fourth-order valence-corrected chi connectivity index (χ4v) is 3.43. The summed E-state index contributed by atoms with van der Waals surface area (Å²) in [7, 11) is 2.19. The lowest BCUT2D eigenvalue weighted by Gasteiger charge is -2.41. The van der Waals surface area contributed by atoms with Crippen molar-refractivity contribution < 1.29 is 9.32 Å². The first-order valence-electron chi connectivity index (χ1n) is 9.74. The summed E-state index contributed by atoms with van der Waals surface area (Å²) in [6, 6.07) is 0.393. The van der Waals surface area contributed by atoms with Crippen molar-refractivity contribution in [2.24, 2.45) is 5.41 Å². The lowest BCUT2D eigenvalue weighted by molar-refractivity contribution is 0.0798. The van der Waals surface area contributed by atoms with Crippen LogP contribution in [0.5, 0.6) is 0 Å². The highest BCUT2D eigenvalue weighted by atomic mass is 16.5. The third-order valence-electron chi connectivity index (χ3n) is 5.56. The van der Waals surface area contributed by atoms with E-state index in [1.54, 1.807) is 0 Å². The molecule has 1 N–H and O–H groups in total. The zero-order valence-electron chi connectivity index (χ0n) is 17.2. The Hall–Kier alpha value is -1.36. The van der Waals surface area contributed by atoms with E-state index in [1.807, 2.05) is 13.8 Å². The van der Waals surface area contributed by atoms with Crippen LogP contribution in [0.2, 0.25) is 0 Å². The number of unbranched alkanes of at least 4 members (excludes halogenated alkanes) is 1. The molecule has 1 aromatic rings. The normalized spacial score (nSPS) is 15.2. The standard InChI is InChI=1S/C20H37N3O2/c1-8-11-13-23(7)16(5)20(6,12-9-2)14-21-19(24)18-15(4)17(10-3)25-22-18/h16H,8-14H2,1-7H3,(H,21,24). The van der Waals surface area contributed by atoms with Crippen molar-refractivity contribution in [3.8, 4) is 0 Å². The first-order chi connectivity index (χ1) is 11.8. The molecule has 2 unspecified atom stereocenters. The van der Waals surface area contributed by atoms with Crippen molar-refractivity contribution in [2.45, 2.75) is 79.7 Å². The Balaban J connectivity index is 2.79. The van der Waals surface area contributed by atoms with Crippen LogP contribution in [0.3, 0.4) is 0 Å². The van der Waals surface area contributed by atoms with E-state index < -0.39 is 0 Å². The van der Waals surface area contributed by atoms with Gasteiger partial charge in [-0.1, -0.05) is 45.7 Å². The SMILES string of the molecule is CCCCN(C)C(C)C(C)(CCC)CNC(=O)c1noc(CC)c1C. The summed E-state index contributed by atoms with van der Waals surface area (Å²) >= 11 is 0. The Kier molecular flexibility index (Phi) is 8.63. The Bertz CT molecular complexity index is 541. The molecule has 144 valence electrons. The van der Waals surface area contributed by atoms with Crippen LogP contribution in [-0.4, -0.2) is 42.1 Å². The number of hydrogen-bond acceptors (Lipinski definition) is 4. The summed E-state index contributed by atoms with van der Waals surface area (Å²) in [6.07, 6.45) is 5.32. The van der Waals surface area contributed by atoms with Gasteiger partial charge in [-0.25, -0.2) is 0 Å². The van der Waals surface area contributed by atoms with Crippen LogP contribution >= 0.6 is 0 Å². The summed E-state index contributed by atoms with van der Waals surface area (Å²) in [5.74, 6) is 0.654. The Labute approximate surface area is 153 Å². The second kappa shape index (κ2) is 9.95. The van der Waals surface area contributed by atoms with Crippen LogP contribution < -0.4 is 5.32 Å². The third kappa shape index (κ3) is 5.56. The smallest absolute Gasteiger partial charge is 0.273 e. The summed E-state index contributed by atoms with van der Waals surface area (Å²) in [6.45, 7) is 14.6. The van der Waals surface area contributed by atoms with Crippen molar-refractivity contribution in [1.82, 2.24) is 15.4 Å². The lowest BCUT2D eigenvalue weighted by Crippen LogP contribution is -2.49. The van der Waals surface area contributed by atoms with Crippen LogP contribution in [0.4, 0.5) is 0 Å². The first kappa shape index (κ1) is 21.7. The number of amides is 1. The molecule has 1 aromatic heterocycles. The zero-order chi connectivity index (χ0) is 19.0. The van der Waals surface area contributed by atoms with Crippen molar-refractivity contribution in [2.75, 3.05) is 20.1 Å². The molecule has 1 rings (SSSR count). The number of carbonyl (C=O) groups excluding carboxylic acids is 1. The predicted molar refractivity (Wildman–Crippen MR) is 103 cm³/mol. The van der Waals surface area contributed by atoms with Crippen molar-refractivity contribution in [3.05, 3.63) is 17.0 Å². The van der Waals surface area contributed by atoms with E-state index in [0.717, 1.165) is 37.1 Å². The fraction of sp³-hybridized carbons (Fsp3) is 0.800. The van der Waals surface area contributed by atoms with Gasteiger partial charge in [0.2, 0.25) is 0 Å². The van der Waals surface area contributed by atoms with Crippen LogP contribution in [0.15, 0.2) is 4.52 Å². The molecule has 1 amide bonds. The number of aromatic nitrogens is 1. The maximum absolute atomic E-state index is 12.6. The molecule has 25 heavy (non-hydrogen) atoms. The van der Waals surface area contributed by atoms with Gasteiger partial charge in [-0.05, 0) is 40.3 Å². The molecule has 0 spiro atoms. The van der Waals surface area contributed by atoms with Gasteiger partial charge < -0.3 is 14.7 Å². The predicted octanol–water partition coefficient (Wildman–Crippen LogP) is 4.20. The van der Waals surface area contributed by atoms with Crippen molar-refractivity contribution in [3.63, 3.8) is 0 Å². The number of carbonyl (C=O) groups is 1. The van der Waals surface area contributed by atoms with Crippen molar-refractivity contribution in [1.29, 1.82) is 0 Å². The van der Waals surface area contributed by atoms with Crippen LogP contribution in [0.25, 0.3) is 0 Å². The first-order valence-corrected chi connectivity index (χ1v) is 9.74. The molecule has 0 aromatic carbocycles. The molecule has 0 radical (unpaired) electrons. The Morgan fingerprint density at radius 1 is 1.32 bits per heavy atom. The molecular formula is C20H37N3O2. The fourth-order valence-electron chi connectivity index (χ4n) is 3.43. The van der Waals surface area contributed by atoms with Gasteiger partial charge in [0, 0.05) is 30.0 Å². The highest BCUT2D eigenvalue weighted by Gasteiger charge is 2.33. The zero-order valence-corrected chi connectivity index (χ0v) is 17.2. The van der Waals surface area contributed by atoms with Crippen LogP contribution in [-0.2, 0) is 6.42 Å². The Morgan fingerprint density at radius 3 is 2.52 bits per heavy atom. The minimum Gasteiger partial charge on any atom is -0.360 e. The Morgan fingerprint density at radius 2 is 2.00 bits per heavy atom. The van der Waals surface area contributed by atoms with E-state index in [-0.39, 0.29) is 11.3 Å². The van der Waals surface area contributed by atoms with E-state index in [1.165, 1.54) is 12.8 Å². The van der Waals surface area contributed by atoms with Gasteiger partial charge in [0.15, 0.2) is 5.69 Å². The minimum absolute atomic E-state index is 0.0259. The molecule has 5 heteroatoms. The lowest BCUT2D eigenvalue weighted by atomic mass is 9.78. The molecule has 0 aliphatic rings. The van der Waals surface area contributed by atoms with E-state index in [2.05, 4.69) is 50.1 Å². The van der Waals surface area contributed by atoms with E-state index in [4.69, 9.17) is 4.52 Å². The maximum Gasteiger partial charge on any atom is 0.273 e. The number of nitrogens with one attached hydrogen (secondary N) is 1. The van der Waals surface area contributed by atoms with Gasteiger partial charge >= 0.3 is 0 Å². The third-order valence-corrected chi connectivity index (χ3v) is 5.56. The number of aryl methyl sites for hydroxylation is 1. The average Bonchev–Trinajstić information content (AvgIpc) is 2.97. The molecule has 2 atom stereocenters. The van der Waals surface area contributed by atoms with Crippen LogP contribution in [0.1, 0.15) is 82.1 Å². The molecule has 5 nitrogen and oxygen atoms in total. The largest absolute Gasteiger partial charge is 0.360 e. The summed E-state index contributed by atoms with van der Waals surface area (Å²) in [5.41, 5.74) is 1.30. The summed E-state index contributed by atoms with van der Waals surface area (Å²) in [4.78, 5) is 15.0. The number of rotatable bonds is 11. The number of nitrogens with zero attached hydrogens (tertiary/aromatic N) is 2. The van der Waals surface area contributed by atoms with E-state index >= 15 is 0 Å². The van der Waals surface area contributed by atoms with Gasteiger partial charge in [0.05, 0.1) is 0 Å². The molecule has 0 bridgehead atoms. The molecule has 0 fully saturated rings. The highest BCUT2D eigenvalue weighted by molar-refractivity contribution is 5.93. The molecule has 0 aliphatic heterocycles. The summed E-state index contributed by atoms with van der Waals surface area (Å²) in [5, 5.41) is 7.06. The molecule has 0 saturated heterocycles. The monoisotopic (exact) mass is 351 g/mol. The molecular weight excluding hydrogens is 314 g/mol. The minimum atomic E-state index is -0.133. The maximum atomic E-state index is 12.6. The number of hydrogen-bond donors (Lipinski definition) is 1. The van der Waals surface area contributed by atoms with Gasteiger partial charge in [0.1, 0.15) is 5.76 Å². The molecule has 1 heterocycles. The van der Waals surface area contributed by atoms with Gasteiger partial charge in [-0.3, -0.25) is 4.79 Å². The second-order valence-electron chi connectivity index (χ2n) is 7.53. The average molecular weight is 352 g/mol. The molecule has 0 aliphatic carbocycles. The molecule has 0 saturated carbocycles. The van der Waals surface area contributed by atoms with Crippen molar-refractivity contribution >= 4 is 5.91 Å². The van der Waals surface area contributed by atoms with E-state index in [9.17, 15) is 4.79 Å². The topological polar surface area (TPSA) is 58.4 Å². The second-order valence-corrected chi connectivity index (χ2v) is 7.53. The highest BCUT2D eigenvalue weighted by Crippen LogP contribution is 2.30. The van der Waals surface area contributed by atoms with Gasteiger partial charge in [-0.15, -0.1) is 0 Å². The van der Waals surface area contributed by atoms with Crippen LogP contribution in [0, 0.1) is 12.3 Å². The van der Waals surface area contributed by atoms with Gasteiger partial charge in [0.25, 0.3) is 5.91 Å². The van der Waals surface area contributed by atoms with Gasteiger partial charge in [-0.2, -0.15) is 0 Å².